The Morgan fingerprint density at radius 2 is 2.05 bits per heavy atom. The molecule has 0 N–H and O–H groups in total. The minimum atomic E-state index is -0.167. The Morgan fingerprint density at radius 3 is 2.70 bits per heavy atom. The maximum Gasteiger partial charge on any atom is 0.309 e. The molecule has 2 rings (SSSR count). The molecule has 0 saturated carbocycles. The zero-order valence-electron chi connectivity index (χ0n) is 12.8. The molecule has 1 fully saturated rings. The van der Waals surface area contributed by atoms with Gasteiger partial charge in [0.1, 0.15) is 0 Å². The fourth-order valence-electron chi connectivity index (χ4n) is 3.13. The number of methoxy groups -OCH3 is 1. The number of esters is 1. The van der Waals surface area contributed by atoms with Crippen molar-refractivity contribution in [3.63, 3.8) is 0 Å². The average Bonchev–Trinajstić information content (AvgIpc) is 2.89. The molecule has 1 aliphatic heterocycles. The van der Waals surface area contributed by atoms with E-state index in [2.05, 4.69) is 30.9 Å². The van der Waals surface area contributed by atoms with Crippen molar-refractivity contribution >= 4 is 5.97 Å². The second-order valence-electron chi connectivity index (χ2n) is 5.95. The summed E-state index contributed by atoms with van der Waals surface area (Å²) in [5.41, 5.74) is 2.35. The van der Waals surface area contributed by atoms with Crippen LogP contribution >= 0.6 is 0 Å². The molecule has 1 heterocycles. The molecule has 1 atom stereocenters. The van der Waals surface area contributed by atoms with E-state index >= 15 is 0 Å². The molecule has 3 heteroatoms. The van der Waals surface area contributed by atoms with Crippen LogP contribution in [0.25, 0.3) is 0 Å². The lowest BCUT2D eigenvalue weighted by atomic mass is 10.00. The average molecular weight is 275 g/mol. The van der Waals surface area contributed by atoms with Gasteiger partial charge in [0, 0.05) is 12.6 Å². The van der Waals surface area contributed by atoms with E-state index in [1.54, 1.807) is 0 Å². The second-order valence-corrected chi connectivity index (χ2v) is 5.95. The summed E-state index contributed by atoms with van der Waals surface area (Å²) in [6.07, 6.45) is 2.94. The summed E-state index contributed by atoms with van der Waals surface area (Å²) in [7, 11) is 1.44. The van der Waals surface area contributed by atoms with Crippen LogP contribution < -0.4 is 0 Å². The lowest BCUT2D eigenvalue weighted by Gasteiger charge is -2.28. The van der Waals surface area contributed by atoms with E-state index in [9.17, 15) is 4.79 Å². The van der Waals surface area contributed by atoms with E-state index in [1.165, 1.54) is 25.5 Å². The van der Waals surface area contributed by atoms with Gasteiger partial charge in [0.25, 0.3) is 0 Å². The third-order valence-corrected chi connectivity index (χ3v) is 4.24. The van der Waals surface area contributed by atoms with Crippen molar-refractivity contribution in [1.82, 2.24) is 4.90 Å². The number of rotatable bonds is 5. The summed E-state index contributed by atoms with van der Waals surface area (Å²) < 4.78 is 4.79. The van der Waals surface area contributed by atoms with Crippen LogP contribution in [-0.2, 0) is 22.5 Å². The molecule has 1 unspecified atom stereocenters. The van der Waals surface area contributed by atoms with Crippen molar-refractivity contribution in [1.29, 1.82) is 0 Å². The highest BCUT2D eigenvalue weighted by Crippen LogP contribution is 2.26. The van der Waals surface area contributed by atoms with E-state index in [0.717, 1.165) is 18.7 Å². The van der Waals surface area contributed by atoms with Crippen LogP contribution in [0.5, 0.6) is 0 Å². The normalized spacial score (nSPS) is 19.5. The van der Waals surface area contributed by atoms with Gasteiger partial charge in [0.05, 0.1) is 13.5 Å². The van der Waals surface area contributed by atoms with Crippen molar-refractivity contribution in [2.45, 2.75) is 45.7 Å². The predicted octanol–water partition coefficient (Wildman–Crippen LogP) is 3.02. The third-order valence-electron chi connectivity index (χ3n) is 4.24. The Kier molecular flexibility index (Phi) is 5.18. The van der Waals surface area contributed by atoms with Gasteiger partial charge in [-0.05, 0) is 36.4 Å². The summed E-state index contributed by atoms with van der Waals surface area (Å²) in [5.74, 6) is 0.518. The minimum Gasteiger partial charge on any atom is -0.469 e. The Bertz CT molecular complexity index is 456. The Balaban J connectivity index is 2.10. The monoisotopic (exact) mass is 275 g/mol. The van der Waals surface area contributed by atoms with Crippen LogP contribution in [0.4, 0.5) is 0 Å². The molecule has 0 aliphatic carbocycles. The van der Waals surface area contributed by atoms with Gasteiger partial charge in [-0.15, -0.1) is 0 Å². The van der Waals surface area contributed by atoms with E-state index in [0.29, 0.717) is 18.4 Å². The van der Waals surface area contributed by atoms with Crippen molar-refractivity contribution in [2.24, 2.45) is 5.92 Å². The molecular weight excluding hydrogens is 250 g/mol. The van der Waals surface area contributed by atoms with Gasteiger partial charge < -0.3 is 4.74 Å². The molecule has 20 heavy (non-hydrogen) atoms. The van der Waals surface area contributed by atoms with Gasteiger partial charge in [-0.25, -0.2) is 0 Å². The molecule has 0 aromatic heterocycles. The largest absolute Gasteiger partial charge is 0.469 e. The van der Waals surface area contributed by atoms with Crippen LogP contribution in [0.2, 0.25) is 0 Å². The van der Waals surface area contributed by atoms with Gasteiger partial charge in [0.15, 0.2) is 0 Å². The predicted molar refractivity (Wildman–Crippen MR) is 80.4 cm³/mol. The SMILES string of the molecule is COC(=O)Cc1ccccc1CN1CCCC1C(C)C. The zero-order chi connectivity index (χ0) is 14.5. The summed E-state index contributed by atoms with van der Waals surface area (Å²) in [4.78, 5) is 14.1. The molecule has 0 bridgehead atoms. The topological polar surface area (TPSA) is 29.5 Å². The summed E-state index contributed by atoms with van der Waals surface area (Å²) in [6, 6.07) is 8.88. The van der Waals surface area contributed by atoms with Gasteiger partial charge in [-0.3, -0.25) is 9.69 Å². The summed E-state index contributed by atoms with van der Waals surface area (Å²) in [5, 5.41) is 0. The second kappa shape index (κ2) is 6.89. The van der Waals surface area contributed by atoms with E-state index in [-0.39, 0.29) is 5.97 Å². The fourth-order valence-corrected chi connectivity index (χ4v) is 3.13. The van der Waals surface area contributed by atoms with Gasteiger partial charge >= 0.3 is 5.97 Å². The number of carbonyl (C=O) groups is 1. The number of carbonyl (C=O) groups excluding carboxylic acids is 1. The van der Waals surface area contributed by atoms with Gasteiger partial charge in [-0.2, -0.15) is 0 Å². The van der Waals surface area contributed by atoms with E-state index < -0.39 is 0 Å². The lowest BCUT2D eigenvalue weighted by molar-refractivity contribution is -0.139. The highest BCUT2D eigenvalue weighted by molar-refractivity contribution is 5.72. The Hall–Kier alpha value is -1.35. The first-order valence-corrected chi connectivity index (χ1v) is 7.49. The first kappa shape index (κ1) is 15.0. The first-order chi connectivity index (χ1) is 9.61. The molecule has 0 spiro atoms. The molecule has 0 radical (unpaired) electrons. The standard InChI is InChI=1S/C17H25NO2/c1-13(2)16-9-6-10-18(16)12-15-8-5-4-7-14(15)11-17(19)20-3/h4-5,7-8,13,16H,6,9-12H2,1-3H3. The van der Waals surface area contributed by atoms with E-state index in [4.69, 9.17) is 4.74 Å². The number of likely N-dealkylation sites (tertiary alicyclic amines) is 1. The van der Waals surface area contributed by atoms with Crippen LogP contribution in [0.3, 0.4) is 0 Å². The van der Waals surface area contributed by atoms with Crippen LogP contribution in [0.1, 0.15) is 37.8 Å². The van der Waals surface area contributed by atoms with Crippen LogP contribution in [0.15, 0.2) is 24.3 Å². The number of nitrogens with zero attached hydrogens (tertiary/aromatic N) is 1. The number of hydrogen-bond donors (Lipinski definition) is 0. The summed E-state index contributed by atoms with van der Waals surface area (Å²) >= 11 is 0. The molecule has 1 saturated heterocycles. The smallest absolute Gasteiger partial charge is 0.309 e. The highest BCUT2D eigenvalue weighted by atomic mass is 16.5. The Labute approximate surface area is 121 Å². The maximum atomic E-state index is 11.5. The van der Waals surface area contributed by atoms with Crippen LogP contribution in [-0.4, -0.2) is 30.6 Å². The van der Waals surface area contributed by atoms with Crippen LogP contribution in [0, 0.1) is 5.92 Å². The zero-order valence-corrected chi connectivity index (χ0v) is 12.8. The molecule has 110 valence electrons. The number of hydrogen-bond acceptors (Lipinski definition) is 3. The minimum absolute atomic E-state index is 0.167. The van der Waals surface area contributed by atoms with Gasteiger partial charge in [-0.1, -0.05) is 38.1 Å². The summed E-state index contributed by atoms with van der Waals surface area (Å²) in [6.45, 7) is 6.69. The molecular formula is C17H25NO2. The molecule has 3 nitrogen and oxygen atoms in total. The molecule has 1 aliphatic rings. The highest BCUT2D eigenvalue weighted by Gasteiger charge is 2.27. The fraction of sp³-hybridized carbons (Fsp3) is 0.588. The van der Waals surface area contributed by atoms with Crippen molar-refractivity contribution in [2.75, 3.05) is 13.7 Å². The van der Waals surface area contributed by atoms with Crippen molar-refractivity contribution in [3.8, 4) is 0 Å². The van der Waals surface area contributed by atoms with Gasteiger partial charge in [0.2, 0.25) is 0 Å². The Morgan fingerprint density at radius 1 is 1.35 bits per heavy atom. The quantitative estimate of drug-likeness (QED) is 0.774. The first-order valence-electron chi connectivity index (χ1n) is 7.49. The number of ether oxygens (including phenoxy) is 1. The van der Waals surface area contributed by atoms with Crippen molar-refractivity contribution in [3.05, 3.63) is 35.4 Å². The maximum absolute atomic E-state index is 11.5. The molecule has 1 aromatic carbocycles. The molecule has 0 amide bonds. The lowest BCUT2D eigenvalue weighted by Crippen LogP contribution is -2.33. The number of benzene rings is 1. The van der Waals surface area contributed by atoms with Crippen molar-refractivity contribution < 1.29 is 9.53 Å². The molecule has 1 aromatic rings. The van der Waals surface area contributed by atoms with E-state index in [1.807, 2.05) is 12.1 Å². The third kappa shape index (κ3) is 3.60.